The van der Waals surface area contributed by atoms with E-state index in [9.17, 15) is 13.2 Å². The molecule has 0 saturated carbocycles. The van der Waals surface area contributed by atoms with E-state index in [1.54, 1.807) is 13.8 Å². The Morgan fingerprint density at radius 2 is 1.95 bits per heavy atom. The fraction of sp³-hybridized carbons (Fsp3) is 0.308. The van der Waals surface area contributed by atoms with E-state index in [1.807, 2.05) is 30.3 Å². The van der Waals surface area contributed by atoms with Crippen LogP contribution in [0.2, 0.25) is 0 Å². The highest BCUT2D eigenvalue weighted by atomic mass is 32.2. The molecule has 0 unspecified atom stereocenters. The van der Waals surface area contributed by atoms with Crippen molar-refractivity contribution in [1.82, 2.24) is 0 Å². The lowest BCUT2D eigenvalue weighted by atomic mass is 10.2. The van der Waals surface area contributed by atoms with Gasteiger partial charge in [-0.2, -0.15) is 8.42 Å². The van der Waals surface area contributed by atoms with Crippen molar-refractivity contribution in [3.8, 4) is 0 Å². The van der Waals surface area contributed by atoms with Crippen LogP contribution in [0.1, 0.15) is 19.4 Å². The number of thioether (sulfide) groups is 1. The predicted molar refractivity (Wildman–Crippen MR) is 89.7 cm³/mol. The highest BCUT2D eigenvalue weighted by molar-refractivity contribution is 8.25. The minimum atomic E-state index is -4.17. The van der Waals surface area contributed by atoms with Crippen LogP contribution in [0.15, 0.2) is 35.3 Å². The van der Waals surface area contributed by atoms with Crippen molar-refractivity contribution in [2.75, 3.05) is 5.75 Å². The number of carbonyl (C=O) groups is 1. The van der Waals surface area contributed by atoms with Crippen LogP contribution in [0.4, 0.5) is 0 Å². The third-order valence-electron chi connectivity index (χ3n) is 2.37. The van der Waals surface area contributed by atoms with E-state index in [-0.39, 0.29) is 0 Å². The van der Waals surface area contributed by atoms with Crippen molar-refractivity contribution in [2.45, 2.75) is 18.6 Å². The number of thiocarbonyl (C=S) groups is 1. The van der Waals surface area contributed by atoms with Crippen molar-refractivity contribution in [1.29, 1.82) is 0 Å². The van der Waals surface area contributed by atoms with E-state index < -0.39 is 26.5 Å². The van der Waals surface area contributed by atoms with Gasteiger partial charge in [0.05, 0.1) is 8.94 Å². The minimum Gasteiger partial charge on any atom is -0.285 e. The second kappa shape index (κ2) is 7.26. The summed E-state index contributed by atoms with van der Waals surface area (Å²) in [4.78, 5) is 15.5. The van der Waals surface area contributed by atoms with Crippen LogP contribution in [0.5, 0.6) is 0 Å². The topological polar surface area (TPSA) is 83.8 Å². The molecular formula is C13H15NO4S3. The summed E-state index contributed by atoms with van der Waals surface area (Å²) >= 11 is 6.46. The fourth-order valence-electron chi connectivity index (χ4n) is 1.28. The Labute approximate surface area is 133 Å². The number of carbonyl (C=O) groups excluding carboxylic acids is 1. The zero-order chi connectivity index (χ0) is 16.1. The molecule has 1 aromatic rings. The van der Waals surface area contributed by atoms with Crippen LogP contribution in [0.3, 0.4) is 0 Å². The maximum absolute atomic E-state index is 12.0. The molecule has 0 spiro atoms. The number of rotatable bonds is 5. The van der Waals surface area contributed by atoms with Crippen molar-refractivity contribution in [3.63, 3.8) is 0 Å². The van der Waals surface area contributed by atoms with Gasteiger partial charge in [0.1, 0.15) is 5.75 Å². The van der Waals surface area contributed by atoms with Crippen molar-refractivity contribution in [2.24, 2.45) is 4.99 Å². The molecule has 0 heterocycles. The second-order valence-electron chi connectivity index (χ2n) is 4.63. The maximum Gasteiger partial charge on any atom is 0.270 e. The van der Waals surface area contributed by atoms with Gasteiger partial charge in [-0.15, -0.1) is 0 Å². The molecule has 114 valence electrons. The second-order valence-corrected chi connectivity index (χ2v) is 8.43. The largest absolute Gasteiger partial charge is 0.285 e. The van der Waals surface area contributed by atoms with Crippen molar-refractivity contribution >= 4 is 50.4 Å². The van der Waals surface area contributed by atoms with Crippen LogP contribution in [-0.2, 0) is 14.9 Å². The molecule has 1 aromatic carbocycles. The molecule has 0 radical (unpaired) electrons. The smallest absolute Gasteiger partial charge is 0.270 e. The van der Waals surface area contributed by atoms with E-state index in [2.05, 4.69) is 4.99 Å². The SMILES string of the molecule is CC(C)(SC(=S)c1ccccc1)C(=O)N=CCS(=O)(=O)O. The monoisotopic (exact) mass is 345 g/mol. The van der Waals surface area contributed by atoms with Crippen molar-refractivity contribution < 1.29 is 17.8 Å². The van der Waals surface area contributed by atoms with Gasteiger partial charge in [-0.25, -0.2) is 4.99 Å². The summed E-state index contributed by atoms with van der Waals surface area (Å²) in [6.07, 6.45) is 0.880. The molecule has 1 N–H and O–H groups in total. The van der Waals surface area contributed by atoms with Gasteiger partial charge >= 0.3 is 0 Å². The first-order valence-corrected chi connectivity index (χ1v) is 8.76. The van der Waals surface area contributed by atoms with Crippen LogP contribution < -0.4 is 0 Å². The molecule has 8 heteroatoms. The molecule has 5 nitrogen and oxygen atoms in total. The zero-order valence-electron chi connectivity index (χ0n) is 11.5. The van der Waals surface area contributed by atoms with Gasteiger partial charge < -0.3 is 0 Å². The van der Waals surface area contributed by atoms with E-state index >= 15 is 0 Å². The summed E-state index contributed by atoms with van der Waals surface area (Å²) in [6.45, 7) is 3.31. The fourth-order valence-corrected chi connectivity index (χ4v) is 3.16. The highest BCUT2D eigenvalue weighted by Crippen LogP contribution is 2.30. The van der Waals surface area contributed by atoms with Gasteiger partial charge in [-0.3, -0.25) is 9.35 Å². The van der Waals surface area contributed by atoms with E-state index in [0.29, 0.717) is 4.20 Å². The Morgan fingerprint density at radius 3 is 2.48 bits per heavy atom. The van der Waals surface area contributed by atoms with E-state index in [0.717, 1.165) is 11.8 Å². The first kappa shape index (κ1) is 18.0. The number of amides is 1. The quantitative estimate of drug-likeness (QED) is 0.501. The highest BCUT2D eigenvalue weighted by Gasteiger charge is 2.29. The number of nitrogens with zero attached hydrogens (tertiary/aromatic N) is 1. The Morgan fingerprint density at radius 1 is 1.38 bits per heavy atom. The van der Waals surface area contributed by atoms with Crippen LogP contribution in [-0.4, -0.2) is 39.8 Å². The van der Waals surface area contributed by atoms with Crippen LogP contribution >= 0.6 is 24.0 Å². The summed E-state index contributed by atoms with van der Waals surface area (Å²) in [5, 5.41) is 0. The molecule has 0 bridgehead atoms. The maximum atomic E-state index is 12.0. The molecule has 0 fully saturated rings. The molecular weight excluding hydrogens is 330 g/mol. The molecule has 0 aliphatic heterocycles. The Balaban J connectivity index is 2.72. The van der Waals surface area contributed by atoms with E-state index in [4.69, 9.17) is 16.8 Å². The predicted octanol–water partition coefficient (Wildman–Crippen LogP) is 2.36. The summed E-state index contributed by atoms with van der Waals surface area (Å²) < 4.78 is 29.3. The van der Waals surface area contributed by atoms with Crippen molar-refractivity contribution in [3.05, 3.63) is 35.9 Å². The van der Waals surface area contributed by atoms with Crippen LogP contribution in [0.25, 0.3) is 0 Å². The molecule has 0 aliphatic rings. The third kappa shape index (κ3) is 6.47. The first-order chi connectivity index (χ1) is 9.62. The minimum absolute atomic E-state index is 0.519. The number of aliphatic imine (C=N–C) groups is 1. The standard InChI is InChI=1S/C13H15NO4S3/c1-13(2,12(15)14-8-9-21(16,17)18)20-11(19)10-6-4-3-5-7-10/h3-8H,9H2,1-2H3,(H,16,17,18). The first-order valence-electron chi connectivity index (χ1n) is 5.92. The third-order valence-corrected chi connectivity index (χ3v) is 4.53. The molecule has 0 saturated heterocycles. The molecule has 21 heavy (non-hydrogen) atoms. The van der Waals surface area contributed by atoms with Gasteiger partial charge in [0.25, 0.3) is 16.0 Å². The van der Waals surface area contributed by atoms with Crippen LogP contribution in [0, 0.1) is 0 Å². The molecule has 0 aromatic heterocycles. The summed E-state index contributed by atoms with van der Waals surface area (Å²) in [5.74, 6) is -1.21. The Hall–Kier alpha value is -1.09. The van der Waals surface area contributed by atoms with Gasteiger partial charge in [-0.05, 0) is 19.4 Å². The zero-order valence-corrected chi connectivity index (χ0v) is 14.0. The number of benzene rings is 1. The Kier molecular flexibility index (Phi) is 6.21. The van der Waals surface area contributed by atoms with E-state index in [1.165, 1.54) is 11.8 Å². The molecule has 1 amide bonds. The summed E-state index contributed by atoms with van der Waals surface area (Å²) in [7, 11) is -4.17. The lowest BCUT2D eigenvalue weighted by Gasteiger charge is -2.20. The normalized spacial score (nSPS) is 12.5. The lowest BCUT2D eigenvalue weighted by molar-refractivity contribution is -0.119. The van der Waals surface area contributed by atoms with Gasteiger partial charge in [0.2, 0.25) is 0 Å². The lowest BCUT2D eigenvalue weighted by Crippen LogP contribution is -2.28. The average molecular weight is 345 g/mol. The Bertz CT molecular complexity index is 651. The van der Waals surface area contributed by atoms with Gasteiger partial charge in [-0.1, -0.05) is 54.3 Å². The average Bonchev–Trinajstić information content (AvgIpc) is 2.37. The van der Waals surface area contributed by atoms with Gasteiger partial charge in [0.15, 0.2) is 0 Å². The number of hydrogen-bond donors (Lipinski definition) is 1. The molecule has 0 aliphatic carbocycles. The van der Waals surface area contributed by atoms with Gasteiger partial charge in [0, 0.05) is 6.21 Å². The molecule has 0 atom stereocenters. The summed E-state index contributed by atoms with van der Waals surface area (Å²) in [6, 6.07) is 9.25. The summed E-state index contributed by atoms with van der Waals surface area (Å²) in [5.41, 5.74) is 0.834. The number of hydrogen-bond acceptors (Lipinski definition) is 5. The molecule has 1 rings (SSSR count).